The second-order valence-electron chi connectivity index (χ2n) is 8.05. The van der Waals surface area contributed by atoms with Crippen molar-refractivity contribution in [2.75, 3.05) is 5.32 Å². The Morgan fingerprint density at radius 3 is 2.64 bits per heavy atom. The van der Waals surface area contributed by atoms with Gasteiger partial charge in [-0.3, -0.25) is 23.9 Å². The Morgan fingerprint density at radius 1 is 1.14 bits per heavy atom. The van der Waals surface area contributed by atoms with Gasteiger partial charge < -0.3 is 25.3 Å². The van der Waals surface area contributed by atoms with Crippen LogP contribution in [0.2, 0.25) is 0 Å². The predicted octanol–water partition coefficient (Wildman–Crippen LogP) is 1.16. The molecular weight excluding hydrogens is 489 g/mol. The third-order valence-corrected chi connectivity index (χ3v) is 5.61. The number of allylic oxidation sites excluding steroid dienone is 1. The molecule has 2 aromatic rings. The molecule has 0 radical (unpaired) electrons. The number of aromatic amines is 1. The number of nitrogens with zero attached hydrogens (tertiary/aromatic N) is 1. The highest BCUT2D eigenvalue weighted by molar-refractivity contribution is 6.02. The molecule has 1 aromatic heterocycles. The summed E-state index contributed by atoms with van der Waals surface area (Å²) in [7, 11) is 0. The van der Waals surface area contributed by atoms with E-state index in [2.05, 4.69) is 10.3 Å². The van der Waals surface area contributed by atoms with Crippen molar-refractivity contribution < 1.29 is 37.0 Å². The second kappa shape index (κ2) is 10.4. The first-order chi connectivity index (χ1) is 17.1. The van der Waals surface area contributed by atoms with Gasteiger partial charge in [-0.1, -0.05) is 0 Å². The Balaban J connectivity index is 1.40. The van der Waals surface area contributed by atoms with Crippen LogP contribution in [-0.2, 0) is 23.8 Å². The minimum atomic E-state index is -1.74. The van der Waals surface area contributed by atoms with Crippen LogP contribution >= 0.6 is 0 Å². The van der Waals surface area contributed by atoms with Crippen LogP contribution in [0.4, 0.5) is 18.9 Å². The zero-order valence-corrected chi connectivity index (χ0v) is 18.5. The number of primary amides is 1. The molecule has 2 aliphatic heterocycles. The molecule has 14 heteroatoms. The molecule has 1 aromatic carbocycles. The molecule has 0 spiro atoms. The Morgan fingerprint density at radius 2 is 1.92 bits per heavy atom. The van der Waals surface area contributed by atoms with Crippen molar-refractivity contribution in [2.45, 2.75) is 50.4 Å². The molecule has 0 aliphatic carbocycles. The standard InChI is InChI=1S/C22H21F3N4O7/c23-10-4-5-11(18(25)17(10)24)27-21(32)13-2-1-3-16(35-13)36-19(20(26)31)12-6-7-15(34-12)29-9-8-14(30)28-22(29)33/h2,4-5,8-9,12,15-16,19H,1,3,6-7H2,(H2,26,31)(H,27,32)(H,28,30,33)/t12?,15?,16-,19?/m1/s1. The van der Waals surface area contributed by atoms with Crippen molar-refractivity contribution in [1.82, 2.24) is 9.55 Å². The number of rotatable bonds is 7. The van der Waals surface area contributed by atoms with Gasteiger partial charge in [-0.05, 0) is 37.5 Å². The molecule has 4 N–H and O–H groups in total. The van der Waals surface area contributed by atoms with E-state index < -0.39 is 70.9 Å². The predicted molar refractivity (Wildman–Crippen MR) is 116 cm³/mol. The van der Waals surface area contributed by atoms with Gasteiger partial charge in [0.05, 0.1) is 11.8 Å². The van der Waals surface area contributed by atoms with Crippen molar-refractivity contribution in [2.24, 2.45) is 5.73 Å². The number of carbonyl (C=O) groups excluding carboxylic acids is 2. The highest BCUT2D eigenvalue weighted by Crippen LogP contribution is 2.31. The lowest BCUT2D eigenvalue weighted by molar-refractivity contribution is -0.194. The van der Waals surface area contributed by atoms with Crippen LogP contribution in [0.1, 0.15) is 31.9 Å². The lowest BCUT2D eigenvalue weighted by atomic mass is 10.1. The average molecular weight is 510 g/mol. The third kappa shape index (κ3) is 5.33. The maximum absolute atomic E-state index is 13.9. The summed E-state index contributed by atoms with van der Waals surface area (Å²) in [6, 6.07) is 2.67. The molecule has 192 valence electrons. The largest absolute Gasteiger partial charge is 0.459 e. The summed E-state index contributed by atoms with van der Waals surface area (Å²) in [6.07, 6.45) is -0.265. The molecule has 36 heavy (non-hydrogen) atoms. The van der Waals surface area contributed by atoms with Gasteiger partial charge in [-0.2, -0.15) is 0 Å². The number of hydrogen-bond donors (Lipinski definition) is 3. The molecule has 4 atom stereocenters. The van der Waals surface area contributed by atoms with E-state index in [1.54, 1.807) is 0 Å². The number of amides is 2. The number of ether oxygens (including phenoxy) is 3. The van der Waals surface area contributed by atoms with E-state index in [1.165, 1.54) is 16.8 Å². The normalized spacial score (nSPS) is 22.4. The number of nitrogens with two attached hydrogens (primary N) is 1. The van der Waals surface area contributed by atoms with E-state index in [4.69, 9.17) is 19.9 Å². The van der Waals surface area contributed by atoms with E-state index in [-0.39, 0.29) is 25.0 Å². The monoisotopic (exact) mass is 510 g/mol. The molecule has 0 saturated carbocycles. The van der Waals surface area contributed by atoms with E-state index in [0.717, 1.165) is 12.1 Å². The zero-order valence-electron chi connectivity index (χ0n) is 18.5. The Labute approximate surface area is 200 Å². The van der Waals surface area contributed by atoms with Crippen LogP contribution in [0.15, 0.2) is 45.8 Å². The first kappa shape index (κ1) is 25.2. The zero-order chi connectivity index (χ0) is 26.0. The quantitative estimate of drug-likeness (QED) is 0.472. The van der Waals surface area contributed by atoms with Crippen LogP contribution in [0.3, 0.4) is 0 Å². The molecular formula is C22H21F3N4O7. The first-order valence-electron chi connectivity index (χ1n) is 10.9. The van der Waals surface area contributed by atoms with Gasteiger partial charge in [0.15, 0.2) is 29.3 Å². The van der Waals surface area contributed by atoms with Crippen molar-refractivity contribution in [1.29, 1.82) is 0 Å². The fourth-order valence-corrected chi connectivity index (χ4v) is 3.88. The van der Waals surface area contributed by atoms with Gasteiger partial charge >= 0.3 is 5.69 Å². The Bertz CT molecular complexity index is 1330. The summed E-state index contributed by atoms with van der Waals surface area (Å²) < 4.78 is 58.5. The molecule has 3 heterocycles. The summed E-state index contributed by atoms with van der Waals surface area (Å²) in [5, 5.41) is 2.09. The van der Waals surface area contributed by atoms with E-state index in [1.807, 2.05) is 0 Å². The molecule has 2 aliphatic rings. The fourth-order valence-electron chi connectivity index (χ4n) is 3.88. The summed E-state index contributed by atoms with van der Waals surface area (Å²) in [5.74, 6) is -6.83. The number of hydrogen-bond acceptors (Lipinski definition) is 7. The van der Waals surface area contributed by atoms with Gasteiger partial charge in [-0.25, -0.2) is 18.0 Å². The van der Waals surface area contributed by atoms with Crippen LogP contribution < -0.4 is 22.3 Å². The summed E-state index contributed by atoms with van der Waals surface area (Å²) in [4.78, 5) is 50.0. The fraction of sp³-hybridized carbons (Fsp3) is 0.364. The van der Waals surface area contributed by atoms with Gasteiger partial charge in [0.1, 0.15) is 6.23 Å². The number of H-pyrrole nitrogens is 1. The second-order valence-corrected chi connectivity index (χ2v) is 8.05. The average Bonchev–Trinajstić information content (AvgIpc) is 3.32. The van der Waals surface area contributed by atoms with Crippen LogP contribution in [0, 0.1) is 17.5 Å². The summed E-state index contributed by atoms with van der Waals surface area (Å²) in [6.45, 7) is 0. The number of anilines is 1. The number of aromatic nitrogens is 2. The van der Waals surface area contributed by atoms with Crippen molar-refractivity contribution in [3.63, 3.8) is 0 Å². The van der Waals surface area contributed by atoms with Crippen molar-refractivity contribution >= 4 is 17.5 Å². The smallest absolute Gasteiger partial charge is 0.330 e. The molecule has 1 saturated heterocycles. The minimum Gasteiger partial charge on any atom is -0.459 e. The van der Waals surface area contributed by atoms with Crippen molar-refractivity contribution in [3.05, 3.63) is 74.5 Å². The lowest BCUT2D eigenvalue weighted by Crippen LogP contribution is -2.44. The molecule has 11 nitrogen and oxygen atoms in total. The maximum Gasteiger partial charge on any atom is 0.330 e. The Hall–Kier alpha value is -3.91. The Kier molecular flexibility index (Phi) is 7.26. The van der Waals surface area contributed by atoms with E-state index >= 15 is 0 Å². The molecule has 4 rings (SSSR count). The van der Waals surface area contributed by atoms with Crippen molar-refractivity contribution in [3.8, 4) is 0 Å². The van der Waals surface area contributed by atoms with Crippen LogP contribution in [-0.4, -0.2) is 39.9 Å². The van der Waals surface area contributed by atoms with Crippen LogP contribution in [0.25, 0.3) is 0 Å². The number of halogens is 3. The summed E-state index contributed by atoms with van der Waals surface area (Å²) >= 11 is 0. The number of carbonyl (C=O) groups is 2. The van der Waals surface area contributed by atoms with E-state index in [9.17, 15) is 32.3 Å². The topological polar surface area (TPSA) is 155 Å². The molecule has 1 fully saturated rings. The van der Waals surface area contributed by atoms with Crippen LogP contribution in [0.5, 0.6) is 0 Å². The molecule has 0 bridgehead atoms. The van der Waals surface area contributed by atoms with Gasteiger partial charge in [0.2, 0.25) is 12.2 Å². The maximum atomic E-state index is 13.9. The molecule has 3 unspecified atom stereocenters. The number of benzene rings is 1. The van der Waals surface area contributed by atoms with Gasteiger partial charge in [0, 0.05) is 18.7 Å². The van der Waals surface area contributed by atoms with Gasteiger partial charge in [0.25, 0.3) is 11.5 Å². The lowest BCUT2D eigenvalue weighted by Gasteiger charge is -2.29. The number of nitrogens with one attached hydrogen (secondary N) is 2. The summed E-state index contributed by atoms with van der Waals surface area (Å²) in [5.41, 5.74) is 3.64. The highest BCUT2D eigenvalue weighted by atomic mass is 19.2. The third-order valence-electron chi connectivity index (χ3n) is 5.61. The van der Waals surface area contributed by atoms with Gasteiger partial charge in [-0.15, -0.1) is 0 Å². The SMILES string of the molecule is NC(=O)C(O[C@@H]1CCC=C(C(=O)Nc2ccc(F)c(F)c2F)O1)C1CCC(n2ccc(=O)[nH]c2=O)O1. The molecule has 2 amide bonds. The minimum absolute atomic E-state index is 0.232. The first-order valence-corrected chi connectivity index (χ1v) is 10.9. The van der Waals surface area contributed by atoms with E-state index in [0.29, 0.717) is 12.5 Å². The highest BCUT2D eigenvalue weighted by Gasteiger charge is 2.39.